The van der Waals surface area contributed by atoms with E-state index >= 15 is 0 Å². The molecule has 0 bridgehead atoms. The number of rotatable bonds is 17. The predicted octanol–water partition coefficient (Wildman–Crippen LogP) is 4.78. The van der Waals surface area contributed by atoms with Gasteiger partial charge in [-0.05, 0) is 40.5 Å². The molecular weight excluding hydrogens is 424 g/mol. The lowest BCUT2D eigenvalue weighted by Crippen LogP contribution is -2.52. The Bertz CT molecular complexity index is 563. The van der Waals surface area contributed by atoms with Crippen LogP contribution in [0.5, 0.6) is 0 Å². The van der Waals surface area contributed by atoms with Crippen LogP contribution in [-0.2, 0) is 28.5 Å². The van der Waals surface area contributed by atoms with Crippen molar-refractivity contribution in [3.63, 3.8) is 0 Å². The normalized spacial score (nSPS) is 14.5. The Labute approximate surface area is 189 Å². The van der Waals surface area contributed by atoms with Crippen LogP contribution in [0.4, 0.5) is 9.59 Å². The van der Waals surface area contributed by atoms with Crippen LogP contribution in [0.15, 0.2) is 0 Å². The lowest BCUT2D eigenvalue weighted by Gasteiger charge is -2.38. The minimum absolute atomic E-state index is 0.0764. The first-order valence-electron chi connectivity index (χ1n) is 11.2. The Balaban J connectivity index is 5.06. The molecule has 0 aliphatic rings. The van der Waals surface area contributed by atoms with Gasteiger partial charge in [0, 0.05) is 6.42 Å². The molecule has 0 amide bonds. The molecule has 0 aromatic heterocycles. The summed E-state index contributed by atoms with van der Waals surface area (Å²) in [5, 5.41) is 18.7. The maximum absolute atomic E-state index is 12.4. The summed E-state index contributed by atoms with van der Waals surface area (Å²) in [6.45, 7) is 6.24. The molecule has 0 heterocycles. The summed E-state index contributed by atoms with van der Waals surface area (Å²) in [6.07, 6.45) is 1.42. The van der Waals surface area contributed by atoms with Gasteiger partial charge in [-0.15, -0.1) is 0 Å². The van der Waals surface area contributed by atoms with Gasteiger partial charge in [-0.1, -0.05) is 38.5 Å². The molecule has 0 radical (unpaired) electrons. The first-order chi connectivity index (χ1) is 15.1. The van der Waals surface area contributed by atoms with E-state index in [-0.39, 0.29) is 26.1 Å². The molecule has 0 aromatic carbocycles. The Hall–Kier alpha value is -2.52. The average Bonchev–Trinajstić information content (AvgIpc) is 2.69. The van der Waals surface area contributed by atoms with Crippen molar-refractivity contribution in [1.29, 1.82) is 0 Å². The van der Waals surface area contributed by atoms with E-state index in [1.165, 1.54) is 13.8 Å². The quantitative estimate of drug-likeness (QED) is 0.229. The predicted molar refractivity (Wildman–Crippen MR) is 114 cm³/mol. The molecule has 2 atom stereocenters. The third kappa shape index (κ3) is 10.7. The van der Waals surface area contributed by atoms with E-state index in [1.54, 1.807) is 13.8 Å². The maximum atomic E-state index is 12.4. The molecule has 32 heavy (non-hydrogen) atoms. The van der Waals surface area contributed by atoms with Crippen molar-refractivity contribution in [3.8, 4) is 0 Å². The zero-order valence-corrected chi connectivity index (χ0v) is 19.6. The van der Waals surface area contributed by atoms with Crippen LogP contribution in [-0.4, -0.2) is 59.9 Å². The van der Waals surface area contributed by atoms with Crippen molar-refractivity contribution >= 4 is 24.2 Å². The van der Waals surface area contributed by atoms with Crippen LogP contribution < -0.4 is 0 Å². The fourth-order valence-corrected chi connectivity index (χ4v) is 3.57. The summed E-state index contributed by atoms with van der Waals surface area (Å²) in [5.74, 6) is -2.05. The van der Waals surface area contributed by atoms with E-state index in [0.717, 1.165) is 32.1 Å². The van der Waals surface area contributed by atoms with Gasteiger partial charge in [0.05, 0.1) is 13.2 Å². The number of carbonyl (C=O) groups is 4. The van der Waals surface area contributed by atoms with Crippen LogP contribution >= 0.6 is 0 Å². The lowest BCUT2D eigenvalue weighted by atomic mass is 9.73. The zero-order chi connectivity index (χ0) is 24.6. The smallest absolute Gasteiger partial charge is 0.481 e. The number of ether oxygens (including phenoxy) is 4. The van der Waals surface area contributed by atoms with Gasteiger partial charge in [0.2, 0.25) is 0 Å². The summed E-state index contributed by atoms with van der Waals surface area (Å²) in [4.78, 5) is 46.5. The van der Waals surface area contributed by atoms with Gasteiger partial charge in [0.15, 0.2) is 0 Å². The number of hydrogen-bond acceptors (Lipinski definition) is 8. The SMILES string of the molecule is CCOC(=O)OC(C)C(CCCCCCCCCC(=O)O)(C(=O)O)C(C)OC(=O)OCC. The molecule has 0 aromatic rings. The van der Waals surface area contributed by atoms with Crippen LogP contribution in [0.1, 0.15) is 85.5 Å². The van der Waals surface area contributed by atoms with E-state index < -0.39 is 41.9 Å². The largest absolute Gasteiger partial charge is 0.508 e. The van der Waals surface area contributed by atoms with Crippen molar-refractivity contribution < 1.29 is 48.3 Å². The van der Waals surface area contributed by atoms with E-state index in [9.17, 15) is 24.3 Å². The average molecular weight is 463 g/mol. The highest BCUT2D eigenvalue weighted by Crippen LogP contribution is 2.38. The monoisotopic (exact) mass is 462 g/mol. The fourth-order valence-electron chi connectivity index (χ4n) is 3.57. The molecule has 186 valence electrons. The Morgan fingerprint density at radius 2 is 1.12 bits per heavy atom. The van der Waals surface area contributed by atoms with Crippen LogP contribution in [0, 0.1) is 5.41 Å². The molecule has 10 heteroatoms. The molecule has 0 aliphatic carbocycles. The van der Waals surface area contributed by atoms with Gasteiger partial charge in [0.25, 0.3) is 0 Å². The minimum atomic E-state index is -1.68. The number of carboxylic acid groups (broad SMARTS) is 2. The summed E-state index contributed by atoms with van der Waals surface area (Å²) in [7, 11) is 0. The second kappa shape index (κ2) is 16.2. The number of unbranched alkanes of at least 4 members (excludes halogenated alkanes) is 6. The van der Waals surface area contributed by atoms with Crippen molar-refractivity contribution in [2.45, 2.75) is 97.7 Å². The zero-order valence-electron chi connectivity index (χ0n) is 19.6. The lowest BCUT2D eigenvalue weighted by molar-refractivity contribution is -0.170. The van der Waals surface area contributed by atoms with Crippen molar-refractivity contribution in [2.75, 3.05) is 13.2 Å². The van der Waals surface area contributed by atoms with Crippen LogP contribution in [0.3, 0.4) is 0 Å². The number of aliphatic carboxylic acids is 2. The highest BCUT2D eigenvalue weighted by atomic mass is 16.7. The molecule has 0 spiro atoms. The molecule has 0 fully saturated rings. The minimum Gasteiger partial charge on any atom is -0.481 e. The second-order valence-electron chi connectivity index (χ2n) is 7.60. The number of carbonyl (C=O) groups excluding carboxylic acids is 2. The van der Waals surface area contributed by atoms with Gasteiger partial charge in [-0.2, -0.15) is 0 Å². The summed E-state index contributed by atoms with van der Waals surface area (Å²) in [5.41, 5.74) is -1.68. The molecule has 2 unspecified atom stereocenters. The highest BCUT2D eigenvalue weighted by Gasteiger charge is 2.52. The summed E-state index contributed by atoms with van der Waals surface area (Å²) < 4.78 is 19.9. The Kier molecular flexibility index (Phi) is 14.9. The first-order valence-corrected chi connectivity index (χ1v) is 11.2. The molecule has 0 rings (SSSR count). The summed E-state index contributed by atoms with van der Waals surface area (Å²) >= 11 is 0. The third-order valence-electron chi connectivity index (χ3n) is 5.40. The standard InChI is InChI=1S/C22H38O10/c1-5-29-20(27)31-16(3)22(19(25)26,17(4)32-21(28)30-6-2)15-13-11-9-7-8-10-12-14-18(23)24/h16-17H,5-15H2,1-4H3,(H,23,24)(H,25,26). The van der Waals surface area contributed by atoms with E-state index in [2.05, 4.69) is 0 Å². The number of carboxylic acids is 2. The van der Waals surface area contributed by atoms with Crippen LogP contribution in [0.25, 0.3) is 0 Å². The van der Waals surface area contributed by atoms with Crippen molar-refractivity contribution in [1.82, 2.24) is 0 Å². The van der Waals surface area contributed by atoms with Crippen molar-refractivity contribution in [3.05, 3.63) is 0 Å². The Morgan fingerprint density at radius 1 is 0.719 bits per heavy atom. The molecule has 0 aliphatic heterocycles. The van der Waals surface area contributed by atoms with Gasteiger partial charge in [-0.25, -0.2) is 9.59 Å². The highest BCUT2D eigenvalue weighted by molar-refractivity contribution is 5.77. The van der Waals surface area contributed by atoms with Crippen molar-refractivity contribution in [2.24, 2.45) is 5.41 Å². The van der Waals surface area contributed by atoms with E-state index in [1.807, 2.05) is 0 Å². The number of hydrogen-bond donors (Lipinski definition) is 2. The van der Waals surface area contributed by atoms with Gasteiger partial charge < -0.3 is 29.2 Å². The molecule has 10 nitrogen and oxygen atoms in total. The third-order valence-corrected chi connectivity index (χ3v) is 5.40. The molecule has 2 N–H and O–H groups in total. The van der Waals surface area contributed by atoms with Crippen LogP contribution in [0.2, 0.25) is 0 Å². The molecular formula is C22H38O10. The van der Waals surface area contributed by atoms with Gasteiger partial charge in [-0.3, -0.25) is 9.59 Å². The summed E-state index contributed by atoms with van der Waals surface area (Å²) in [6, 6.07) is 0. The Morgan fingerprint density at radius 3 is 1.50 bits per heavy atom. The maximum Gasteiger partial charge on any atom is 0.508 e. The topological polar surface area (TPSA) is 146 Å². The molecule has 0 saturated heterocycles. The molecule has 0 saturated carbocycles. The van der Waals surface area contributed by atoms with Gasteiger partial charge >= 0.3 is 24.2 Å². The van der Waals surface area contributed by atoms with E-state index in [0.29, 0.717) is 12.8 Å². The van der Waals surface area contributed by atoms with Gasteiger partial charge in [0.1, 0.15) is 17.6 Å². The first kappa shape index (κ1) is 29.5. The van der Waals surface area contributed by atoms with E-state index in [4.69, 9.17) is 24.1 Å². The second-order valence-corrected chi connectivity index (χ2v) is 7.60. The fraction of sp³-hybridized carbons (Fsp3) is 0.818.